The van der Waals surface area contributed by atoms with Crippen LogP contribution in [0.5, 0.6) is 5.75 Å². The molecule has 102 valence electrons. The van der Waals surface area contributed by atoms with E-state index in [2.05, 4.69) is 29.4 Å². The maximum absolute atomic E-state index is 9.52. The number of hydrogen-bond donors (Lipinski definition) is 2. The summed E-state index contributed by atoms with van der Waals surface area (Å²) in [6.07, 6.45) is 1.08. The van der Waals surface area contributed by atoms with Gasteiger partial charge in [-0.2, -0.15) is 0 Å². The number of aromatic hydroxyl groups is 1. The van der Waals surface area contributed by atoms with E-state index in [0.717, 1.165) is 23.0 Å². The minimum absolute atomic E-state index is 0.169. The molecule has 0 saturated carbocycles. The van der Waals surface area contributed by atoms with Crippen molar-refractivity contribution < 1.29 is 5.11 Å². The lowest BCUT2D eigenvalue weighted by Gasteiger charge is -2.08. The van der Waals surface area contributed by atoms with Crippen LogP contribution in [0, 0.1) is 0 Å². The first-order valence-electron chi connectivity index (χ1n) is 6.17. The second kappa shape index (κ2) is 6.32. The van der Waals surface area contributed by atoms with Crippen LogP contribution in [0.25, 0.3) is 10.6 Å². The van der Waals surface area contributed by atoms with Crippen LogP contribution in [0.4, 0.5) is 0 Å². The van der Waals surface area contributed by atoms with E-state index in [0.29, 0.717) is 10.6 Å². The number of hydrogen-bond acceptors (Lipinski definition) is 5. The van der Waals surface area contributed by atoms with E-state index < -0.39 is 0 Å². The average Bonchev–Trinajstić information content (AvgIpc) is 2.88. The van der Waals surface area contributed by atoms with Gasteiger partial charge in [0.15, 0.2) is 0 Å². The van der Waals surface area contributed by atoms with E-state index in [9.17, 15) is 5.11 Å². The molecule has 2 aromatic rings. The highest BCUT2D eigenvalue weighted by Crippen LogP contribution is 2.34. The summed E-state index contributed by atoms with van der Waals surface area (Å²) in [5, 5.41) is 23.4. The van der Waals surface area contributed by atoms with Crippen LogP contribution in [0.3, 0.4) is 0 Å². The molecule has 0 aliphatic rings. The predicted octanol–water partition coefficient (Wildman–Crippen LogP) is 3.62. The zero-order valence-electron chi connectivity index (χ0n) is 10.9. The summed E-state index contributed by atoms with van der Waals surface area (Å²) in [5.41, 5.74) is 0.716. The van der Waals surface area contributed by atoms with Gasteiger partial charge in [-0.25, -0.2) is 0 Å². The number of nitrogens with zero attached hydrogens (tertiary/aromatic N) is 2. The number of nitrogens with one attached hydrogen (secondary N) is 1. The number of aromatic nitrogens is 2. The molecule has 1 aromatic heterocycles. The standard InChI is InChI=1S/C13H16ClN3OS/c1-3-6-15-8(2)12-16-17-13(19-12)10-7-9(18)4-5-11(10)14/h4-5,7-8,15,18H,3,6H2,1-2H3. The fraction of sp³-hybridized carbons (Fsp3) is 0.385. The van der Waals surface area contributed by atoms with Crippen LogP contribution in [0.1, 0.15) is 31.3 Å². The smallest absolute Gasteiger partial charge is 0.149 e. The molecule has 0 bridgehead atoms. The summed E-state index contributed by atoms with van der Waals surface area (Å²) in [6.45, 7) is 5.13. The SMILES string of the molecule is CCCNC(C)c1nnc(-c2cc(O)ccc2Cl)s1. The average molecular weight is 298 g/mol. The second-order valence-electron chi connectivity index (χ2n) is 4.29. The Morgan fingerprint density at radius 1 is 1.42 bits per heavy atom. The van der Waals surface area contributed by atoms with Crippen molar-refractivity contribution in [2.75, 3.05) is 6.54 Å². The van der Waals surface area contributed by atoms with E-state index in [1.807, 2.05) is 0 Å². The monoisotopic (exact) mass is 297 g/mol. The molecule has 4 nitrogen and oxygen atoms in total. The maximum Gasteiger partial charge on any atom is 0.149 e. The topological polar surface area (TPSA) is 58.0 Å². The zero-order valence-corrected chi connectivity index (χ0v) is 12.4. The first-order valence-corrected chi connectivity index (χ1v) is 7.37. The minimum Gasteiger partial charge on any atom is -0.508 e. The third-order valence-electron chi connectivity index (χ3n) is 2.69. The third-order valence-corrected chi connectivity index (χ3v) is 4.16. The van der Waals surface area contributed by atoms with E-state index in [1.165, 1.54) is 11.3 Å². The molecule has 1 aromatic carbocycles. The molecule has 0 fully saturated rings. The van der Waals surface area contributed by atoms with Crippen molar-refractivity contribution in [3.63, 3.8) is 0 Å². The van der Waals surface area contributed by atoms with Crippen molar-refractivity contribution in [3.8, 4) is 16.3 Å². The second-order valence-corrected chi connectivity index (χ2v) is 5.70. The van der Waals surface area contributed by atoms with Gasteiger partial charge in [0, 0.05) is 5.56 Å². The van der Waals surface area contributed by atoms with Crippen molar-refractivity contribution in [3.05, 3.63) is 28.2 Å². The lowest BCUT2D eigenvalue weighted by Crippen LogP contribution is -2.18. The highest BCUT2D eigenvalue weighted by atomic mass is 35.5. The fourth-order valence-electron chi connectivity index (χ4n) is 1.64. The molecule has 2 rings (SSSR count). The molecule has 1 unspecified atom stereocenters. The van der Waals surface area contributed by atoms with Gasteiger partial charge in [0.05, 0.1) is 11.1 Å². The van der Waals surface area contributed by atoms with Crippen LogP contribution >= 0.6 is 22.9 Å². The van der Waals surface area contributed by atoms with E-state index in [4.69, 9.17) is 11.6 Å². The largest absolute Gasteiger partial charge is 0.508 e. The Bertz CT molecular complexity index is 559. The summed E-state index contributed by atoms with van der Waals surface area (Å²) in [5.74, 6) is 0.174. The van der Waals surface area contributed by atoms with Crippen molar-refractivity contribution in [2.45, 2.75) is 26.3 Å². The molecule has 0 radical (unpaired) electrons. The molecule has 0 aliphatic heterocycles. The molecular weight excluding hydrogens is 282 g/mol. The quantitative estimate of drug-likeness (QED) is 0.885. The molecule has 6 heteroatoms. The first kappa shape index (κ1) is 14.2. The normalized spacial score (nSPS) is 12.6. The Balaban J connectivity index is 2.23. The van der Waals surface area contributed by atoms with Crippen LogP contribution < -0.4 is 5.32 Å². The molecule has 1 atom stereocenters. The van der Waals surface area contributed by atoms with Crippen LogP contribution in [-0.4, -0.2) is 21.8 Å². The lowest BCUT2D eigenvalue weighted by molar-refractivity contribution is 0.475. The summed E-state index contributed by atoms with van der Waals surface area (Å²) < 4.78 is 0. The zero-order chi connectivity index (χ0) is 13.8. The van der Waals surface area contributed by atoms with Gasteiger partial charge in [-0.15, -0.1) is 10.2 Å². The number of halogens is 1. The van der Waals surface area contributed by atoms with Gasteiger partial charge >= 0.3 is 0 Å². The molecule has 0 amide bonds. The molecule has 1 heterocycles. The highest BCUT2D eigenvalue weighted by molar-refractivity contribution is 7.14. The van der Waals surface area contributed by atoms with Gasteiger partial charge in [-0.3, -0.25) is 0 Å². The molecule has 19 heavy (non-hydrogen) atoms. The Kier molecular flexibility index (Phi) is 4.74. The van der Waals surface area contributed by atoms with Crippen molar-refractivity contribution in [1.82, 2.24) is 15.5 Å². The molecule has 0 saturated heterocycles. The lowest BCUT2D eigenvalue weighted by atomic mass is 10.2. The van der Waals surface area contributed by atoms with Gasteiger partial charge in [-0.05, 0) is 38.1 Å². The number of phenols is 1. The van der Waals surface area contributed by atoms with Gasteiger partial charge in [0.2, 0.25) is 0 Å². The maximum atomic E-state index is 9.52. The number of rotatable bonds is 5. The van der Waals surface area contributed by atoms with E-state index in [-0.39, 0.29) is 11.8 Å². The summed E-state index contributed by atoms with van der Waals surface area (Å²) in [7, 11) is 0. The highest BCUT2D eigenvalue weighted by Gasteiger charge is 2.14. The Morgan fingerprint density at radius 3 is 2.95 bits per heavy atom. The fourth-order valence-corrected chi connectivity index (χ4v) is 2.81. The summed E-state index contributed by atoms with van der Waals surface area (Å²) >= 11 is 7.60. The first-order chi connectivity index (χ1) is 9.11. The van der Waals surface area contributed by atoms with Crippen LogP contribution in [-0.2, 0) is 0 Å². The molecule has 0 aliphatic carbocycles. The van der Waals surface area contributed by atoms with Gasteiger partial charge in [-0.1, -0.05) is 29.9 Å². The van der Waals surface area contributed by atoms with E-state index in [1.54, 1.807) is 18.2 Å². The molecular formula is C13H16ClN3OS. The minimum atomic E-state index is 0.169. The van der Waals surface area contributed by atoms with Gasteiger partial charge in [0.1, 0.15) is 15.8 Å². The Morgan fingerprint density at radius 2 is 2.21 bits per heavy atom. The number of benzene rings is 1. The predicted molar refractivity (Wildman–Crippen MR) is 78.7 cm³/mol. The summed E-state index contributed by atoms with van der Waals surface area (Å²) in [4.78, 5) is 0. The molecule has 2 N–H and O–H groups in total. The van der Waals surface area contributed by atoms with E-state index >= 15 is 0 Å². The Labute approximate surface area is 121 Å². The van der Waals surface area contributed by atoms with Crippen LogP contribution in [0.15, 0.2) is 18.2 Å². The van der Waals surface area contributed by atoms with Crippen molar-refractivity contribution in [1.29, 1.82) is 0 Å². The van der Waals surface area contributed by atoms with Gasteiger partial charge < -0.3 is 10.4 Å². The number of phenolic OH excluding ortho intramolecular Hbond substituents is 1. The Hall–Kier alpha value is -1.17. The van der Waals surface area contributed by atoms with Crippen LogP contribution in [0.2, 0.25) is 5.02 Å². The van der Waals surface area contributed by atoms with Crippen molar-refractivity contribution >= 4 is 22.9 Å². The van der Waals surface area contributed by atoms with Crippen molar-refractivity contribution in [2.24, 2.45) is 0 Å². The third kappa shape index (κ3) is 3.43. The summed E-state index contributed by atoms with van der Waals surface area (Å²) in [6, 6.07) is 4.99. The van der Waals surface area contributed by atoms with Gasteiger partial charge in [0.25, 0.3) is 0 Å². The molecule has 0 spiro atoms.